The Balaban J connectivity index is 1.90. The topological polar surface area (TPSA) is 32.3 Å². The highest BCUT2D eigenvalue weighted by molar-refractivity contribution is 9.10. The zero-order valence-corrected chi connectivity index (χ0v) is 12.0. The highest BCUT2D eigenvalue weighted by Gasteiger charge is 2.00. The van der Waals surface area contributed by atoms with E-state index in [1.54, 1.807) is 12.1 Å². The van der Waals surface area contributed by atoms with E-state index in [1.807, 2.05) is 30.3 Å². The maximum atomic E-state index is 9.18. The van der Waals surface area contributed by atoms with Gasteiger partial charge in [-0.3, -0.25) is 0 Å². The molecule has 0 aliphatic carbocycles. The van der Waals surface area contributed by atoms with Crippen LogP contribution in [0.1, 0.15) is 11.1 Å². The number of aromatic hydroxyl groups is 1. The molecule has 0 aliphatic rings. The Labute approximate surface area is 120 Å². The lowest BCUT2D eigenvalue weighted by molar-refractivity contribution is 0.475. The third-order valence-electron chi connectivity index (χ3n) is 2.60. The molecule has 0 heterocycles. The fraction of sp³-hybridized carbons (Fsp3) is 0.143. The SMILES string of the molecule is Oc1ccc(CNCc2ccc(Br)cc2Cl)cc1. The van der Waals surface area contributed by atoms with Crippen molar-refractivity contribution in [1.29, 1.82) is 0 Å². The zero-order chi connectivity index (χ0) is 13.0. The first-order valence-electron chi connectivity index (χ1n) is 5.58. The molecule has 0 fully saturated rings. The highest BCUT2D eigenvalue weighted by Crippen LogP contribution is 2.21. The van der Waals surface area contributed by atoms with Gasteiger partial charge in [0.1, 0.15) is 5.75 Å². The van der Waals surface area contributed by atoms with Gasteiger partial charge in [0, 0.05) is 22.6 Å². The lowest BCUT2D eigenvalue weighted by Crippen LogP contribution is -2.12. The van der Waals surface area contributed by atoms with Crippen molar-refractivity contribution in [2.24, 2.45) is 0 Å². The summed E-state index contributed by atoms with van der Waals surface area (Å²) in [5.41, 5.74) is 2.19. The molecule has 94 valence electrons. The van der Waals surface area contributed by atoms with Gasteiger partial charge in [-0.15, -0.1) is 0 Å². The summed E-state index contributed by atoms with van der Waals surface area (Å²) >= 11 is 9.51. The Bertz CT molecular complexity index is 528. The first-order valence-corrected chi connectivity index (χ1v) is 6.75. The molecule has 0 spiro atoms. The molecule has 2 nitrogen and oxygen atoms in total. The minimum atomic E-state index is 0.287. The lowest BCUT2D eigenvalue weighted by Gasteiger charge is -2.07. The van der Waals surface area contributed by atoms with E-state index in [0.717, 1.165) is 27.2 Å². The molecule has 0 atom stereocenters. The van der Waals surface area contributed by atoms with Crippen molar-refractivity contribution in [2.75, 3.05) is 0 Å². The molecular formula is C14H13BrClNO. The van der Waals surface area contributed by atoms with E-state index in [1.165, 1.54) is 0 Å². The molecule has 0 aromatic heterocycles. The van der Waals surface area contributed by atoms with Gasteiger partial charge < -0.3 is 10.4 Å². The fourth-order valence-electron chi connectivity index (χ4n) is 1.62. The average Bonchev–Trinajstić information content (AvgIpc) is 2.34. The van der Waals surface area contributed by atoms with Crippen molar-refractivity contribution >= 4 is 27.5 Å². The van der Waals surface area contributed by atoms with E-state index in [9.17, 15) is 5.11 Å². The van der Waals surface area contributed by atoms with Gasteiger partial charge in [0.2, 0.25) is 0 Å². The first-order chi connectivity index (χ1) is 8.65. The number of halogens is 2. The molecule has 0 radical (unpaired) electrons. The number of phenolic OH excluding ortho intramolecular Hbond substituents is 1. The van der Waals surface area contributed by atoms with Crippen LogP contribution in [0.2, 0.25) is 5.02 Å². The molecule has 2 N–H and O–H groups in total. The first kappa shape index (κ1) is 13.4. The van der Waals surface area contributed by atoms with Crippen molar-refractivity contribution in [1.82, 2.24) is 5.32 Å². The number of phenols is 1. The monoisotopic (exact) mass is 325 g/mol. The van der Waals surface area contributed by atoms with Crippen LogP contribution in [0.4, 0.5) is 0 Å². The summed E-state index contributed by atoms with van der Waals surface area (Å²) in [5, 5.41) is 13.2. The Morgan fingerprint density at radius 3 is 2.44 bits per heavy atom. The largest absolute Gasteiger partial charge is 0.508 e. The molecule has 0 saturated heterocycles. The highest BCUT2D eigenvalue weighted by atomic mass is 79.9. The maximum Gasteiger partial charge on any atom is 0.115 e. The Hall–Kier alpha value is -1.03. The second-order valence-electron chi connectivity index (χ2n) is 4.01. The third kappa shape index (κ3) is 3.73. The number of hydrogen-bond acceptors (Lipinski definition) is 2. The summed E-state index contributed by atoms with van der Waals surface area (Å²) in [6.07, 6.45) is 0. The van der Waals surface area contributed by atoms with Crippen LogP contribution in [0, 0.1) is 0 Å². The van der Waals surface area contributed by atoms with Crippen LogP contribution in [-0.2, 0) is 13.1 Å². The van der Waals surface area contributed by atoms with E-state index in [2.05, 4.69) is 21.2 Å². The quantitative estimate of drug-likeness (QED) is 0.886. The van der Waals surface area contributed by atoms with Gasteiger partial charge >= 0.3 is 0 Å². The summed E-state index contributed by atoms with van der Waals surface area (Å²) < 4.78 is 0.981. The third-order valence-corrected chi connectivity index (χ3v) is 3.44. The van der Waals surface area contributed by atoms with Gasteiger partial charge in [-0.25, -0.2) is 0 Å². The van der Waals surface area contributed by atoms with Crippen LogP contribution < -0.4 is 5.32 Å². The summed E-state index contributed by atoms with van der Waals surface area (Å²) in [6.45, 7) is 1.46. The minimum absolute atomic E-state index is 0.287. The predicted molar refractivity (Wildman–Crippen MR) is 77.8 cm³/mol. The summed E-state index contributed by atoms with van der Waals surface area (Å²) in [7, 11) is 0. The second kappa shape index (κ2) is 6.23. The van der Waals surface area contributed by atoms with E-state index < -0.39 is 0 Å². The molecule has 18 heavy (non-hydrogen) atoms. The van der Waals surface area contributed by atoms with E-state index in [4.69, 9.17) is 11.6 Å². The van der Waals surface area contributed by atoms with Crippen LogP contribution in [0.25, 0.3) is 0 Å². The predicted octanol–water partition coefficient (Wildman–Crippen LogP) is 4.10. The number of rotatable bonds is 4. The molecule has 0 saturated carbocycles. The van der Waals surface area contributed by atoms with Crippen LogP contribution >= 0.6 is 27.5 Å². The van der Waals surface area contributed by atoms with E-state index in [0.29, 0.717) is 6.54 Å². The van der Waals surface area contributed by atoms with Gasteiger partial charge in [-0.1, -0.05) is 45.7 Å². The van der Waals surface area contributed by atoms with Crippen LogP contribution in [0.5, 0.6) is 5.75 Å². The molecular weight excluding hydrogens is 314 g/mol. The standard InChI is InChI=1S/C14H13BrClNO/c15-12-4-3-11(14(16)7-12)9-17-8-10-1-5-13(18)6-2-10/h1-7,17-18H,8-9H2. The smallest absolute Gasteiger partial charge is 0.115 e. The molecule has 2 rings (SSSR count). The molecule has 2 aromatic carbocycles. The number of hydrogen-bond donors (Lipinski definition) is 2. The number of benzene rings is 2. The lowest BCUT2D eigenvalue weighted by atomic mass is 10.2. The zero-order valence-electron chi connectivity index (χ0n) is 9.66. The van der Waals surface area contributed by atoms with Crippen LogP contribution in [0.3, 0.4) is 0 Å². The van der Waals surface area contributed by atoms with Crippen molar-refractivity contribution in [3.05, 3.63) is 63.1 Å². The molecule has 0 unspecified atom stereocenters. The van der Waals surface area contributed by atoms with Crippen LogP contribution in [0.15, 0.2) is 46.9 Å². The Morgan fingerprint density at radius 1 is 1.06 bits per heavy atom. The Morgan fingerprint density at radius 2 is 1.78 bits per heavy atom. The van der Waals surface area contributed by atoms with Crippen molar-refractivity contribution in [2.45, 2.75) is 13.1 Å². The normalized spacial score (nSPS) is 10.6. The van der Waals surface area contributed by atoms with Gasteiger partial charge in [0.05, 0.1) is 0 Å². The summed E-state index contributed by atoms with van der Waals surface area (Å²) in [4.78, 5) is 0. The maximum absolute atomic E-state index is 9.18. The van der Waals surface area contributed by atoms with Crippen molar-refractivity contribution in [3.63, 3.8) is 0 Å². The van der Waals surface area contributed by atoms with Gasteiger partial charge in [-0.05, 0) is 35.4 Å². The average molecular weight is 327 g/mol. The fourth-order valence-corrected chi connectivity index (χ4v) is 2.36. The van der Waals surface area contributed by atoms with Crippen molar-refractivity contribution < 1.29 is 5.11 Å². The van der Waals surface area contributed by atoms with Gasteiger partial charge in [0.25, 0.3) is 0 Å². The Kier molecular flexibility index (Phi) is 4.64. The summed E-state index contributed by atoms with van der Waals surface area (Å²) in [6, 6.07) is 13.0. The van der Waals surface area contributed by atoms with E-state index in [-0.39, 0.29) is 5.75 Å². The van der Waals surface area contributed by atoms with Crippen molar-refractivity contribution in [3.8, 4) is 5.75 Å². The van der Waals surface area contributed by atoms with Gasteiger partial charge in [-0.2, -0.15) is 0 Å². The number of nitrogens with one attached hydrogen (secondary N) is 1. The van der Waals surface area contributed by atoms with E-state index >= 15 is 0 Å². The molecule has 0 bridgehead atoms. The molecule has 0 aliphatic heterocycles. The summed E-state index contributed by atoms with van der Waals surface area (Å²) in [5.74, 6) is 0.287. The molecule has 2 aromatic rings. The van der Waals surface area contributed by atoms with Gasteiger partial charge in [0.15, 0.2) is 0 Å². The molecule has 4 heteroatoms. The van der Waals surface area contributed by atoms with Crippen LogP contribution in [-0.4, -0.2) is 5.11 Å². The second-order valence-corrected chi connectivity index (χ2v) is 5.33. The molecule has 0 amide bonds. The minimum Gasteiger partial charge on any atom is -0.508 e.